The van der Waals surface area contributed by atoms with Crippen LogP contribution < -0.4 is 0 Å². The molecule has 9 rings (SSSR count). The van der Waals surface area contributed by atoms with Gasteiger partial charge in [0.25, 0.3) is 0 Å². The van der Waals surface area contributed by atoms with Gasteiger partial charge in [0, 0.05) is 0 Å². The molecule has 9 aliphatic carbocycles. The van der Waals surface area contributed by atoms with Gasteiger partial charge in [0.2, 0.25) is 0 Å². The van der Waals surface area contributed by atoms with E-state index in [1.54, 1.807) is 51.4 Å². The first kappa shape index (κ1) is 87.0. The second-order valence-electron chi connectivity index (χ2n) is 40.5. The maximum absolute atomic E-state index is 2.44. The van der Waals surface area contributed by atoms with Crippen LogP contribution in [-0.2, 0) is 0 Å². The molecule has 9 fully saturated rings. The van der Waals surface area contributed by atoms with Crippen molar-refractivity contribution >= 4 is 0 Å². The van der Waals surface area contributed by atoms with E-state index in [9.17, 15) is 0 Å². The molecule has 0 nitrogen and oxygen atoms in total. The Bertz CT molecular complexity index is 1560. The van der Waals surface area contributed by atoms with E-state index < -0.39 is 0 Å². The first-order valence-corrected chi connectivity index (χ1v) is 39.6. The molecule has 0 saturated heterocycles. The first-order valence-electron chi connectivity index (χ1n) is 39.6. The molecule has 0 aliphatic heterocycles. The van der Waals surface area contributed by atoms with Crippen molar-refractivity contribution < 1.29 is 0 Å². The molecule has 0 aromatic rings. The molecule has 0 radical (unpaired) electrons. The van der Waals surface area contributed by atoms with Crippen LogP contribution in [0.3, 0.4) is 0 Å². The molecule has 4 bridgehead atoms. The lowest BCUT2D eigenvalue weighted by atomic mass is 9.56. The minimum absolute atomic E-state index is 0.375. The van der Waals surface area contributed by atoms with Gasteiger partial charge in [0.05, 0.1) is 0 Å². The Hall–Kier alpha value is 0. The van der Waals surface area contributed by atoms with Crippen LogP contribution in [0.1, 0.15) is 428 Å². The first-order chi connectivity index (χ1) is 39.6. The van der Waals surface area contributed by atoms with Crippen LogP contribution in [0.25, 0.3) is 0 Å². The highest BCUT2D eigenvalue weighted by molar-refractivity contribution is 4.92. The second-order valence-corrected chi connectivity index (χ2v) is 40.5. The highest BCUT2D eigenvalue weighted by Crippen LogP contribution is 2.52. The molecule has 0 heteroatoms. The summed E-state index contributed by atoms with van der Waals surface area (Å²) >= 11 is 0. The molecular formula is C87H176. The van der Waals surface area contributed by atoms with Crippen molar-refractivity contribution in [2.24, 2.45) is 132 Å². The molecule has 0 aromatic carbocycles. The maximum atomic E-state index is 2.44. The molecule has 9 saturated carbocycles. The molecule has 0 aromatic heterocycles. The summed E-state index contributed by atoms with van der Waals surface area (Å²) < 4.78 is 0. The average Bonchev–Trinajstić information content (AvgIpc) is 1.91. The van der Waals surface area contributed by atoms with E-state index in [2.05, 4.69) is 228 Å². The van der Waals surface area contributed by atoms with Gasteiger partial charge < -0.3 is 0 Å². The fraction of sp³-hybridized carbons (Fsp3) is 1.00. The third-order valence-electron chi connectivity index (χ3n) is 27.7. The van der Waals surface area contributed by atoms with E-state index in [4.69, 9.17) is 0 Å². The summed E-state index contributed by atoms with van der Waals surface area (Å²) in [5, 5.41) is 0. The Morgan fingerprint density at radius 1 is 0.345 bits per heavy atom. The molecular weight excluding hydrogens is 1040 g/mol. The topological polar surface area (TPSA) is 0 Å². The van der Waals surface area contributed by atoms with Crippen LogP contribution in [0, 0.1) is 132 Å². The quantitative estimate of drug-likeness (QED) is 0.259. The van der Waals surface area contributed by atoms with E-state index in [-0.39, 0.29) is 0 Å². The summed E-state index contributed by atoms with van der Waals surface area (Å²) in [5.74, 6) is 15.4. The maximum Gasteiger partial charge on any atom is -0.0257 e. The minimum atomic E-state index is 0.375. The van der Waals surface area contributed by atoms with Crippen LogP contribution >= 0.6 is 0 Å². The predicted octanol–water partition coefficient (Wildman–Crippen LogP) is 30.9. The Morgan fingerprint density at radius 2 is 0.713 bits per heavy atom. The molecule has 7 atom stereocenters. The zero-order chi connectivity index (χ0) is 67.6. The van der Waals surface area contributed by atoms with Crippen molar-refractivity contribution in [3.8, 4) is 0 Å². The van der Waals surface area contributed by atoms with E-state index in [1.165, 1.54) is 148 Å². The van der Waals surface area contributed by atoms with Crippen LogP contribution in [0.4, 0.5) is 0 Å². The van der Waals surface area contributed by atoms with E-state index >= 15 is 0 Å². The van der Waals surface area contributed by atoms with Crippen molar-refractivity contribution in [2.75, 3.05) is 0 Å². The van der Waals surface area contributed by atoms with Crippen LogP contribution in [0.2, 0.25) is 0 Å². The highest BCUT2D eigenvalue weighted by Gasteiger charge is 2.43. The summed E-state index contributed by atoms with van der Waals surface area (Å²) in [6.07, 6.45) is 46.3. The van der Waals surface area contributed by atoms with Gasteiger partial charge in [0.15, 0.2) is 0 Å². The van der Waals surface area contributed by atoms with Gasteiger partial charge in [-0.25, -0.2) is 0 Å². The van der Waals surface area contributed by atoms with Gasteiger partial charge in [-0.3, -0.25) is 0 Å². The van der Waals surface area contributed by atoms with Gasteiger partial charge in [-0.2, -0.15) is 0 Å². The molecule has 87 heavy (non-hydrogen) atoms. The third-order valence-corrected chi connectivity index (χ3v) is 27.7. The lowest BCUT2D eigenvalue weighted by Crippen LogP contribution is -2.41. The monoisotopic (exact) mass is 1220 g/mol. The van der Waals surface area contributed by atoms with Crippen molar-refractivity contribution in [2.45, 2.75) is 428 Å². The Labute approximate surface area is 556 Å². The van der Waals surface area contributed by atoms with Crippen molar-refractivity contribution in [1.29, 1.82) is 0 Å². The Kier molecular flexibility index (Phi) is 40.4. The molecule has 0 heterocycles. The SMILES string of the molecule is CC(C(C)(C)C)C(C)(C)C.CC(C)(C)C(C)(C)C(C)(C)C.CC(C)C(C)(C)C(C)(C)C.CC1(C)CCCCC1.CC1C2CCC1CC2.CC1CCC(C)CC1.CC1CCCC[C@H]1C.CC1CCC[C@@H](C)C1.CCC1CCCCC1.C[C@H]1CC2CCC1C2. The van der Waals surface area contributed by atoms with E-state index in [0.29, 0.717) is 43.3 Å². The zero-order valence-electron chi connectivity index (χ0n) is 67.6. The van der Waals surface area contributed by atoms with Crippen molar-refractivity contribution in [1.82, 2.24) is 0 Å². The standard InChI is InChI=1S/C11H24.2C10H22.2C8H14.5C8H16/c1-9(2,3)11(7,8)10(4,5)6;1-8(9(2,3)4)10(5,6)7;1-8(2)10(6,7)9(3,4)5;1-6-4-7-2-3-8(6)5-7;1-6-7-2-3-8(6)5-4-7;1-7-3-5-8(2)6-4-7;1-7-4-3-5-8(2)6-7;1-8(2)6-4-3-5-7-8;1-7-5-3-4-6-8(7)2;1-2-8-6-4-3-5-7-8/h1-8H3;2*8H,1-7H3;2*6-8H,2-5H2,1H3;2*7-8H,3-6H2,1-2H3;3-7H2,1-2H3;7-8H,3-6H2,1-2H3;8H,2-7H2,1H3/t;;;6-,7?,8?;;;7-,8?;;7-,8?;/m...0..1.1./s1. The van der Waals surface area contributed by atoms with Gasteiger partial charge >= 0.3 is 0 Å². The molecule has 0 N–H and O–H groups in total. The summed E-state index contributed by atoms with van der Waals surface area (Å²) in [4.78, 5) is 0. The molecule has 9 aliphatic rings. The fourth-order valence-electron chi connectivity index (χ4n) is 16.2. The smallest absolute Gasteiger partial charge is 0.0257 e. The summed E-state index contributed by atoms with van der Waals surface area (Å²) in [6, 6.07) is 0. The zero-order valence-corrected chi connectivity index (χ0v) is 67.6. The molecule has 4 unspecified atom stereocenters. The van der Waals surface area contributed by atoms with Crippen LogP contribution in [-0.4, -0.2) is 0 Å². The fourth-order valence-corrected chi connectivity index (χ4v) is 16.2. The van der Waals surface area contributed by atoms with Gasteiger partial charge in [-0.1, -0.05) is 363 Å². The minimum Gasteiger partial charge on any atom is -0.0651 e. The summed E-state index contributed by atoms with van der Waals surface area (Å²) in [6.45, 7) is 77.2. The van der Waals surface area contributed by atoms with E-state index in [1.807, 2.05) is 0 Å². The lowest BCUT2D eigenvalue weighted by molar-refractivity contribution is 0.00575. The Morgan fingerprint density at radius 3 is 0.874 bits per heavy atom. The third kappa shape index (κ3) is 35.4. The van der Waals surface area contributed by atoms with Gasteiger partial charge in [-0.05, 0) is 196 Å². The van der Waals surface area contributed by atoms with E-state index in [0.717, 1.165) is 88.8 Å². The Balaban J connectivity index is 0.000000946. The van der Waals surface area contributed by atoms with Crippen molar-refractivity contribution in [3.63, 3.8) is 0 Å². The predicted molar refractivity (Wildman–Crippen MR) is 402 cm³/mol. The molecule has 524 valence electrons. The van der Waals surface area contributed by atoms with Gasteiger partial charge in [0.1, 0.15) is 0 Å². The largest absolute Gasteiger partial charge is 0.0651 e. The number of fused-ring (bicyclic) bond motifs is 4. The van der Waals surface area contributed by atoms with Crippen LogP contribution in [0.5, 0.6) is 0 Å². The van der Waals surface area contributed by atoms with Crippen LogP contribution in [0.15, 0.2) is 0 Å². The number of hydrogen-bond donors (Lipinski definition) is 0. The number of hydrogen-bond acceptors (Lipinski definition) is 0. The van der Waals surface area contributed by atoms with Crippen molar-refractivity contribution in [3.05, 3.63) is 0 Å². The normalized spacial score (nSPS) is 30.7. The second kappa shape index (κ2) is 40.4. The molecule has 0 spiro atoms. The molecule has 0 amide bonds. The van der Waals surface area contributed by atoms with Gasteiger partial charge in [-0.15, -0.1) is 0 Å². The highest BCUT2D eigenvalue weighted by atomic mass is 14.5. The summed E-state index contributed by atoms with van der Waals surface area (Å²) in [7, 11) is 0. The number of rotatable bonds is 2. The summed E-state index contributed by atoms with van der Waals surface area (Å²) in [5.41, 5.74) is 3.55. The average molecular weight is 1220 g/mol. The lowest BCUT2D eigenvalue weighted by Gasteiger charge is -2.49.